The van der Waals surface area contributed by atoms with Gasteiger partial charge in [-0.25, -0.2) is 4.39 Å². The lowest BCUT2D eigenvalue weighted by Crippen LogP contribution is -1.98. The monoisotopic (exact) mass is 191 g/mol. The zero-order valence-electron chi connectivity index (χ0n) is 7.42. The van der Waals surface area contributed by atoms with Crippen LogP contribution in [0, 0.1) is 5.82 Å². The van der Waals surface area contributed by atoms with Crippen LogP contribution >= 0.6 is 0 Å². The Morgan fingerprint density at radius 2 is 2.14 bits per heavy atom. The molecular formula is C10H10FN3. The second-order valence-corrected chi connectivity index (χ2v) is 2.93. The van der Waals surface area contributed by atoms with Crippen molar-refractivity contribution >= 4 is 17.1 Å². The van der Waals surface area contributed by atoms with Crippen LogP contribution < -0.4 is 11.1 Å². The van der Waals surface area contributed by atoms with Gasteiger partial charge in [-0.2, -0.15) is 0 Å². The standard InChI is InChI=1S/C10H10FN3/c11-8-2-1-3-9(12)10(8)14-7-4-5-13-6-7/h1-6,13-14H,12H2. The Morgan fingerprint density at radius 1 is 1.29 bits per heavy atom. The Bertz CT molecular complexity index is 403. The molecule has 3 nitrogen and oxygen atoms in total. The van der Waals surface area contributed by atoms with Crippen molar-refractivity contribution in [3.8, 4) is 0 Å². The van der Waals surface area contributed by atoms with Crippen LogP contribution in [-0.2, 0) is 0 Å². The van der Waals surface area contributed by atoms with Crippen molar-refractivity contribution in [2.45, 2.75) is 0 Å². The van der Waals surface area contributed by atoms with E-state index in [-0.39, 0.29) is 5.82 Å². The first-order valence-corrected chi connectivity index (χ1v) is 4.21. The summed E-state index contributed by atoms with van der Waals surface area (Å²) >= 11 is 0. The topological polar surface area (TPSA) is 53.8 Å². The van der Waals surface area contributed by atoms with Crippen molar-refractivity contribution in [1.82, 2.24) is 4.98 Å². The number of nitrogen functional groups attached to an aromatic ring is 1. The van der Waals surface area contributed by atoms with E-state index >= 15 is 0 Å². The second-order valence-electron chi connectivity index (χ2n) is 2.93. The maximum Gasteiger partial charge on any atom is 0.148 e. The molecule has 0 fully saturated rings. The molecule has 2 aromatic rings. The summed E-state index contributed by atoms with van der Waals surface area (Å²) in [5.41, 5.74) is 7.11. The summed E-state index contributed by atoms with van der Waals surface area (Å²) in [5.74, 6) is -0.355. The number of rotatable bonds is 2. The highest BCUT2D eigenvalue weighted by Gasteiger charge is 2.05. The number of H-pyrrole nitrogens is 1. The van der Waals surface area contributed by atoms with Crippen molar-refractivity contribution in [1.29, 1.82) is 0 Å². The third kappa shape index (κ3) is 1.54. The molecule has 1 aromatic carbocycles. The molecule has 0 saturated heterocycles. The summed E-state index contributed by atoms with van der Waals surface area (Å²) in [7, 11) is 0. The van der Waals surface area contributed by atoms with Crippen LogP contribution in [0.2, 0.25) is 0 Å². The van der Waals surface area contributed by atoms with Crippen molar-refractivity contribution in [2.24, 2.45) is 0 Å². The molecule has 0 aliphatic heterocycles. The molecule has 0 amide bonds. The van der Waals surface area contributed by atoms with E-state index in [2.05, 4.69) is 10.3 Å². The molecule has 0 saturated carbocycles. The number of para-hydroxylation sites is 1. The zero-order chi connectivity index (χ0) is 9.97. The van der Waals surface area contributed by atoms with Gasteiger partial charge < -0.3 is 16.0 Å². The molecule has 0 bridgehead atoms. The van der Waals surface area contributed by atoms with Crippen molar-refractivity contribution in [3.63, 3.8) is 0 Å². The molecule has 0 aliphatic rings. The average Bonchev–Trinajstić information content (AvgIpc) is 2.64. The number of halogens is 1. The largest absolute Gasteiger partial charge is 0.397 e. The van der Waals surface area contributed by atoms with E-state index in [0.29, 0.717) is 11.4 Å². The molecule has 1 heterocycles. The highest BCUT2D eigenvalue weighted by Crippen LogP contribution is 2.25. The van der Waals surface area contributed by atoms with E-state index < -0.39 is 0 Å². The number of nitrogens with one attached hydrogen (secondary N) is 2. The van der Waals surface area contributed by atoms with Gasteiger partial charge in [0.15, 0.2) is 0 Å². The van der Waals surface area contributed by atoms with E-state index in [9.17, 15) is 4.39 Å². The molecule has 1 aromatic heterocycles. The fraction of sp³-hybridized carbons (Fsp3) is 0. The summed E-state index contributed by atoms with van der Waals surface area (Å²) < 4.78 is 13.3. The number of aromatic nitrogens is 1. The highest BCUT2D eigenvalue weighted by atomic mass is 19.1. The lowest BCUT2D eigenvalue weighted by atomic mass is 10.2. The first-order valence-electron chi connectivity index (χ1n) is 4.21. The smallest absolute Gasteiger partial charge is 0.148 e. The normalized spacial score (nSPS) is 10.1. The maximum atomic E-state index is 13.3. The molecular weight excluding hydrogens is 181 g/mol. The zero-order valence-corrected chi connectivity index (χ0v) is 7.42. The van der Waals surface area contributed by atoms with Crippen LogP contribution in [0.3, 0.4) is 0 Å². The van der Waals surface area contributed by atoms with E-state index in [0.717, 1.165) is 5.69 Å². The fourth-order valence-electron chi connectivity index (χ4n) is 1.22. The number of nitrogens with two attached hydrogens (primary N) is 1. The van der Waals surface area contributed by atoms with Gasteiger partial charge in [0.1, 0.15) is 5.82 Å². The minimum atomic E-state index is -0.355. The van der Waals surface area contributed by atoms with Gasteiger partial charge in [-0.1, -0.05) is 6.07 Å². The van der Waals surface area contributed by atoms with Gasteiger partial charge in [-0.15, -0.1) is 0 Å². The number of anilines is 3. The Kier molecular flexibility index (Phi) is 2.10. The van der Waals surface area contributed by atoms with Gasteiger partial charge in [0.2, 0.25) is 0 Å². The van der Waals surface area contributed by atoms with Gasteiger partial charge in [0, 0.05) is 12.4 Å². The van der Waals surface area contributed by atoms with Crippen molar-refractivity contribution in [2.75, 3.05) is 11.1 Å². The summed E-state index contributed by atoms with van der Waals surface area (Å²) in [6.45, 7) is 0. The third-order valence-electron chi connectivity index (χ3n) is 1.91. The summed E-state index contributed by atoms with van der Waals surface area (Å²) in [6.07, 6.45) is 3.48. The third-order valence-corrected chi connectivity index (χ3v) is 1.91. The van der Waals surface area contributed by atoms with E-state index in [1.54, 1.807) is 30.6 Å². The Labute approximate surface area is 80.8 Å². The summed E-state index contributed by atoms with van der Waals surface area (Å²) in [4.78, 5) is 2.86. The molecule has 0 spiro atoms. The summed E-state index contributed by atoms with van der Waals surface area (Å²) in [5, 5.41) is 2.89. The minimum Gasteiger partial charge on any atom is -0.397 e. The molecule has 2 rings (SSSR count). The fourth-order valence-corrected chi connectivity index (χ4v) is 1.22. The second kappa shape index (κ2) is 3.41. The van der Waals surface area contributed by atoms with Gasteiger partial charge in [0.25, 0.3) is 0 Å². The SMILES string of the molecule is Nc1cccc(F)c1Nc1cc[nH]c1. The molecule has 72 valence electrons. The van der Waals surface area contributed by atoms with Gasteiger partial charge in [0.05, 0.1) is 17.1 Å². The van der Waals surface area contributed by atoms with Crippen molar-refractivity contribution < 1.29 is 4.39 Å². The first kappa shape index (κ1) is 8.62. The average molecular weight is 191 g/mol. The predicted octanol–water partition coefficient (Wildman–Crippen LogP) is 2.48. The van der Waals surface area contributed by atoms with Crippen molar-refractivity contribution in [3.05, 3.63) is 42.5 Å². The Morgan fingerprint density at radius 3 is 2.79 bits per heavy atom. The van der Waals surface area contributed by atoms with Gasteiger partial charge >= 0.3 is 0 Å². The van der Waals surface area contributed by atoms with E-state index in [1.165, 1.54) is 6.07 Å². The Balaban J connectivity index is 2.33. The summed E-state index contributed by atoms with van der Waals surface area (Å²) in [6, 6.07) is 6.39. The van der Waals surface area contributed by atoms with E-state index in [4.69, 9.17) is 5.73 Å². The lowest BCUT2D eigenvalue weighted by molar-refractivity contribution is 0.632. The highest BCUT2D eigenvalue weighted by molar-refractivity contribution is 5.72. The number of aromatic amines is 1. The molecule has 4 heteroatoms. The maximum absolute atomic E-state index is 13.3. The van der Waals surface area contributed by atoms with Crippen LogP contribution in [0.25, 0.3) is 0 Å². The van der Waals surface area contributed by atoms with E-state index in [1.807, 2.05) is 0 Å². The molecule has 4 N–H and O–H groups in total. The van der Waals surface area contributed by atoms with Crippen LogP contribution in [0.5, 0.6) is 0 Å². The number of benzene rings is 1. The molecule has 0 unspecified atom stereocenters. The van der Waals surface area contributed by atoms with Crippen LogP contribution in [0.15, 0.2) is 36.7 Å². The van der Waals surface area contributed by atoms with Crippen LogP contribution in [0.1, 0.15) is 0 Å². The number of hydrogen-bond acceptors (Lipinski definition) is 2. The molecule has 0 aliphatic carbocycles. The minimum absolute atomic E-state index is 0.312. The van der Waals surface area contributed by atoms with Gasteiger partial charge in [-0.3, -0.25) is 0 Å². The lowest BCUT2D eigenvalue weighted by Gasteiger charge is -2.07. The quantitative estimate of drug-likeness (QED) is 0.639. The van der Waals surface area contributed by atoms with Crippen LogP contribution in [0.4, 0.5) is 21.5 Å². The molecule has 14 heavy (non-hydrogen) atoms. The first-order chi connectivity index (χ1) is 6.77. The number of hydrogen-bond donors (Lipinski definition) is 3. The van der Waals surface area contributed by atoms with Crippen LogP contribution in [-0.4, -0.2) is 4.98 Å². The van der Waals surface area contributed by atoms with Gasteiger partial charge in [-0.05, 0) is 18.2 Å². The molecule has 0 radical (unpaired) electrons. The molecule has 0 atom stereocenters. The Hall–Kier alpha value is -1.97. The predicted molar refractivity (Wildman–Crippen MR) is 54.9 cm³/mol.